The van der Waals surface area contributed by atoms with Crippen LogP contribution in [0.2, 0.25) is 0 Å². The lowest BCUT2D eigenvalue weighted by molar-refractivity contribution is -0.128. The standard InChI is InChI=1S/C17H21N3O3S/c1-13-11-15-5-3-6-16(17(15)18-12-13)24(22,23)20-8-4-7-19(9-10-20)14(2)21/h3,5-6,11-12H,4,7-10H2,1-2H3. The Morgan fingerprint density at radius 3 is 2.71 bits per heavy atom. The number of carbonyl (C=O) groups excluding carboxylic acids is 1. The number of benzene rings is 1. The number of fused-ring (bicyclic) bond motifs is 1. The van der Waals surface area contributed by atoms with Gasteiger partial charge >= 0.3 is 0 Å². The second kappa shape index (κ2) is 6.49. The van der Waals surface area contributed by atoms with Crippen molar-refractivity contribution in [2.45, 2.75) is 25.2 Å². The fourth-order valence-electron chi connectivity index (χ4n) is 3.04. The van der Waals surface area contributed by atoms with Gasteiger partial charge in [-0.25, -0.2) is 8.42 Å². The minimum Gasteiger partial charge on any atom is -0.342 e. The summed E-state index contributed by atoms with van der Waals surface area (Å²) < 4.78 is 27.7. The summed E-state index contributed by atoms with van der Waals surface area (Å²) in [4.78, 5) is 17.8. The van der Waals surface area contributed by atoms with Crippen LogP contribution in [0.4, 0.5) is 0 Å². The zero-order chi connectivity index (χ0) is 17.3. The van der Waals surface area contributed by atoms with Gasteiger partial charge in [-0.1, -0.05) is 12.1 Å². The summed E-state index contributed by atoms with van der Waals surface area (Å²) in [6.45, 7) is 5.18. The highest BCUT2D eigenvalue weighted by Crippen LogP contribution is 2.25. The number of pyridine rings is 1. The van der Waals surface area contributed by atoms with Crippen LogP contribution >= 0.6 is 0 Å². The molecule has 0 radical (unpaired) electrons. The molecule has 0 unspecified atom stereocenters. The predicted molar refractivity (Wildman–Crippen MR) is 92.1 cm³/mol. The molecular weight excluding hydrogens is 326 g/mol. The van der Waals surface area contributed by atoms with Gasteiger partial charge in [0.15, 0.2) is 0 Å². The first-order valence-electron chi connectivity index (χ1n) is 8.00. The molecule has 0 saturated carbocycles. The Labute approximate surface area is 142 Å². The maximum atomic E-state index is 13.1. The van der Waals surface area contributed by atoms with Crippen LogP contribution in [0.3, 0.4) is 0 Å². The Balaban J connectivity index is 1.98. The second-order valence-corrected chi connectivity index (χ2v) is 8.01. The highest BCUT2D eigenvalue weighted by Gasteiger charge is 2.29. The van der Waals surface area contributed by atoms with Crippen LogP contribution < -0.4 is 0 Å². The molecule has 128 valence electrons. The third-order valence-corrected chi connectivity index (χ3v) is 6.26. The van der Waals surface area contributed by atoms with Crippen molar-refractivity contribution < 1.29 is 13.2 Å². The zero-order valence-electron chi connectivity index (χ0n) is 13.9. The van der Waals surface area contributed by atoms with E-state index in [1.165, 1.54) is 11.2 Å². The molecule has 2 heterocycles. The van der Waals surface area contributed by atoms with Gasteiger partial charge in [-0.05, 0) is 31.0 Å². The minimum absolute atomic E-state index is 0.0171. The number of nitrogens with zero attached hydrogens (tertiary/aromatic N) is 3. The second-order valence-electron chi connectivity index (χ2n) is 6.10. The van der Waals surface area contributed by atoms with Crippen molar-refractivity contribution in [2.24, 2.45) is 0 Å². The van der Waals surface area contributed by atoms with Crippen molar-refractivity contribution in [2.75, 3.05) is 26.2 Å². The number of carbonyl (C=O) groups is 1. The van der Waals surface area contributed by atoms with Crippen LogP contribution in [-0.4, -0.2) is 54.7 Å². The molecule has 1 amide bonds. The molecule has 6 nitrogen and oxygen atoms in total. The Bertz CT molecular complexity index is 880. The van der Waals surface area contributed by atoms with Crippen LogP contribution in [0.5, 0.6) is 0 Å². The van der Waals surface area contributed by atoms with Crippen LogP contribution in [0.15, 0.2) is 35.4 Å². The fraction of sp³-hybridized carbons (Fsp3) is 0.412. The average molecular weight is 347 g/mol. The van der Waals surface area contributed by atoms with E-state index in [4.69, 9.17) is 0 Å². The van der Waals surface area contributed by atoms with Crippen molar-refractivity contribution >= 4 is 26.8 Å². The number of sulfonamides is 1. The lowest BCUT2D eigenvalue weighted by atomic mass is 10.2. The zero-order valence-corrected chi connectivity index (χ0v) is 14.7. The third-order valence-electron chi connectivity index (χ3n) is 4.33. The summed E-state index contributed by atoms with van der Waals surface area (Å²) in [5.41, 5.74) is 1.49. The van der Waals surface area contributed by atoms with Crippen molar-refractivity contribution in [3.05, 3.63) is 36.0 Å². The van der Waals surface area contributed by atoms with Crippen LogP contribution in [0, 0.1) is 6.92 Å². The van der Waals surface area contributed by atoms with E-state index < -0.39 is 10.0 Å². The summed E-state index contributed by atoms with van der Waals surface area (Å²) in [5, 5.41) is 0.816. The molecule has 1 fully saturated rings. The van der Waals surface area contributed by atoms with E-state index in [1.807, 2.05) is 19.1 Å². The fourth-order valence-corrected chi connectivity index (χ4v) is 4.67. The van der Waals surface area contributed by atoms with Crippen molar-refractivity contribution in [3.8, 4) is 0 Å². The molecule has 1 saturated heterocycles. The van der Waals surface area contributed by atoms with Gasteiger partial charge in [-0.2, -0.15) is 4.31 Å². The van der Waals surface area contributed by atoms with E-state index in [2.05, 4.69) is 4.98 Å². The van der Waals surface area contributed by atoms with E-state index in [9.17, 15) is 13.2 Å². The monoisotopic (exact) mass is 347 g/mol. The van der Waals surface area contributed by atoms with Crippen LogP contribution in [0.25, 0.3) is 10.9 Å². The molecule has 2 aromatic rings. The van der Waals surface area contributed by atoms with Gasteiger partial charge in [0.1, 0.15) is 4.90 Å². The quantitative estimate of drug-likeness (QED) is 0.830. The lowest BCUT2D eigenvalue weighted by Gasteiger charge is -2.21. The van der Waals surface area contributed by atoms with Gasteiger partial charge in [-0.3, -0.25) is 9.78 Å². The molecule has 0 atom stereocenters. The molecule has 24 heavy (non-hydrogen) atoms. The van der Waals surface area contributed by atoms with E-state index >= 15 is 0 Å². The van der Waals surface area contributed by atoms with E-state index in [-0.39, 0.29) is 10.8 Å². The number of aryl methyl sites for hydroxylation is 1. The van der Waals surface area contributed by atoms with Gasteiger partial charge in [0.2, 0.25) is 15.9 Å². The molecular formula is C17H21N3O3S. The molecule has 7 heteroatoms. The summed E-state index contributed by atoms with van der Waals surface area (Å²) >= 11 is 0. The van der Waals surface area contributed by atoms with Gasteiger partial charge in [0.25, 0.3) is 0 Å². The average Bonchev–Trinajstić information content (AvgIpc) is 2.80. The van der Waals surface area contributed by atoms with Gasteiger partial charge in [-0.15, -0.1) is 0 Å². The highest BCUT2D eigenvalue weighted by molar-refractivity contribution is 7.89. The first kappa shape index (κ1) is 16.9. The number of rotatable bonds is 2. The van der Waals surface area contributed by atoms with Crippen LogP contribution in [-0.2, 0) is 14.8 Å². The molecule has 1 aromatic heterocycles. The number of para-hydroxylation sites is 1. The largest absolute Gasteiger partial charge is 0.342 e. The van der Waals surface area contributed by atoms with E-state index in [1.54, 1.807) is 23.2 Å². The number of hydrogen-bond donors (Lipinski definition) is 0. The van der Waals surface area contributed by atoms with Crippen molar-refractivity contribution in [3.63, 3.8) is 0 Å². The summed E-state index contributed by atoms with van der Waals surface area (Å²) in [5.74, 6) is -0.0171. The number of aromatic nitrogens is 1. The van der Waals surface area contributed by atoms with E-state index in [0.717, 1.165) is 10.9 Å². The molecule has 0 N–H and O–H groups in total. The molecule has 0 bridgehead atoms. The van der Waals surface area contributed by atoms with E-state index in [0.29, 0.717) is 38.1 Å². The Hall–Kier alpha value is -1.99. The maximum Gasteiger partial charge on any atom is 0.245 e. The molecule has 0 aliphatic carbocycles. The first-order valence-corrected chi connectivity index (χ1v) is 9.44. The molecule has 1 aliphatic rings. The summed E-state index contributed by atoms with van der Waals surface area (Å²) in [6, 6.07) is 7.15. The maximum absolute atomic E-state index is 13.1. The third kappa shape index (κ3) is 3.14. The Kier molecular flexibility index (Phi) is 4.56. The van der Waals surface area contributed by atoms with Gasteiger partial charge in [0.05, 0.1) is 5.52 Å². The molecule has 3 rings (SSSR count). The van der Waals surface area contributed by atoms with Crippen molar-refractivity contribution in [1.29, 1.82) is 0 Å². The Morgan fingerprint density at radius 2 is 1.96 bits per heavy atom. The predicted octanol–water partition coefficient (Wildman–Crippen LogP) is 1.79. The molecule has 1 aromatic carbocycles. The van der Waals surface area contributed by atoms with Crippen LogP contribution in [0.1, 0.15) is 18.9 Å². The summed E-state index contributed by atoms with van der Waals surface area (Å²) in [6.07, 6.45) is 2.32. The number of hydrogen-bond acceptors (Lipinski definition) is 4. The molecule has 1 aliphatic heterocycles. The minimum atomic E-state index is -3.64. The normalized spacial score (nSPS) is 17.0. The highest BCUT2D eigenvalue weighted by atomic mass is 32.2. The number of amides is 1. The smallest absolute Gasteiger partial charge is 0.245 e. The SMILES string of the molecule is CC(=O)N1CCCN(S(=O)(=O)c2cccc3cc(C)cnc23)CC1. The molecule has 0 spiro atoms. The summed E-state index contributed by atoms with van der Waals surface area (Å²) in [7, 11) is -3.64. The Morgan fingerprint density at radius 1 is 1.17 bits per heavy atom. The first-order chi connectivity index (χ1) is 11.4. The topological polar surface area (TPSA) is 70.6 Å². The van der Waals surface area contributed by atoms with Crippen molar-refractivity contribution in [1.82, 2.24) is 14.2 Å². The van der Waals surface area contributed by atoms with Gasteiger partial charge in [0, 0.05) is 44.7 Å². The van der Waals surface area contributed by atoms with Gasteiger partial charge < -0.3 is 4.90 Å². The lowest BCUT2D eigenvalue weighted by Crippen LogP contribution is -2.36.